The topological polar surface area (TPSA) is 63.9 Å². The minimum atomic E-state index is 0.0694. The van der Waals surface area contributed by atoms with E-state index in [1.807, 2.05) is 0 Å². The van der Waals surface area contributed by atoms with E-state index < -0.39 is 0 Å². The molecule has 1 rings (SSSR count). The van der Waals surface area contributed by atoms with Crippen LogP contribution in [0.4, 0.5) is 0 Å². The Morgan fingerprint density at radius 2 is 1.24 bits per heavy atom. The zero-order valence-electron chi connectivity index (χ0n) is 10.1. The molecule has 0 radical (unpaired) electrons. The van der Waals surface area contributed by atoms with Crippen molar-refractivity contribution >= 4 is 3.07 Å². The van der Waals surface area contributed by atoms with Crippen molar-refractivity contribution in [3.8, 4) is 0 Å². The van der Waals surface area contributed by atoms with Crippen LogP contribution >= 0.6 is 0 Å². The van der Waals surface area contributed by atoms with E-state index in [-0.39, 0.29) is 19.8 Å². The molecule has 0 unspecified atom stereocenters. The second-order valence-corrected chi connectivity index (χ2v) is 6.67. The third kappa shape index (κ3) is 10.8. The van der Waals surface area contributed by atoms with E-state index in [9.17, 15) is 0 Å². The van der Waals surface area contributed by atoms with Crippen molar-refractivity contribution in [2.45, 2.75) is 0 Å². The van der Waals surface area contributed by atoms with Gasteiger partial charge in [-0.25, -0.2) is 0 Å². The van der Waals surface area contributed by atoms with Gasteiger partial charge < -0.3 is 15.3 Å². The van der Waals surface area contributed by atoms with E-state index in [4.69, 9.17) is 15.3 Å². The molecule has 0 aliphatic heterocycles. The second-order valence-electron chi connectivity index (χ2n) is 3.50. The quantitative estimate of drug-likeness (QED) is 0.517. The molecule has 4 nitrogen and oxygen atoms in total. The summed E-state index contributed by atoms with van der Waals surface area (Å²) in [5.74, 6) is 0. The van der Waals surface area contributed by atoms with Crippen LogP contribution in [0.3, 0.4) is 0 Å². The number of hydrogen-bond donors (Lipinski definition) is 3. The Balaban J connectivity index is 0.000000318. The Morgan fingerprint density at radius 3 is 1.47 bits per heavy atom. The molecule has 5 heteroatoms. The Kier molecular flexibility index (Phi) is 12.4. The van der Waals surface area contributed by atoms with Gasteiger partial charge in [-0.1, -0.05) is 0 Å². The average molecular weight is 427 g/mol. The number of aliphatic hydroxyl groups is 3. The maximum atomic E-state index is 8.48. The number of rotatable bonds is 6. The molecule has 0 saturated carbocycles. The minimum absolute atomic E-state index is 0.0694. The zero-order chi connectivity index (χ0) is 12.9. The maximum absolute atomic E-state index is 8.48. The van der Waals surface area contributed by atoms with E-state index in [2.05, 4.69) is 30.3 Å². The Hall–Kier alpha value is -0.00494. The first-order valence-electron chi connectivity index (χ1n) is 5.66. The molecule has 0 saturated heterocycles. The summed E-state index contributed by atoms with van der Waals surface area (Å²) >= 11 is 0.810. The van der Waals surface area contributed by atoms with Crippen molar-refractivity contribution in [1.82, 2.24) is 4.90 Å². The summed E-state index contributed by atoms with van der Waals surface area (Å²) in [7, 11) is 0. The van der Waals surface area contributed by atoms with Crippen LogP contribution in [-0.2, 0) is 26.1 Å². The predicted octanol–water partition coefficient (Wildman–Crippen LogP) is -0.876. The summed E-state index contributed by atoms with van der Waals surface area (Å²) in [6.07, 6.45) is 0. The molecule has 0 fully saturated rings. The van der Waals surface area contributed by atoms with E-state index in [1.54, 1.807) is 4.90 Å². The van der Waals surface area contributed by atoms with Crippen molar-refractivity contribution in [3.63, 3.8) is 0 Å². The fourth-order valence-electron chi connectivity index (χ4n) is 1.24. The Bertz CT molecular complexity index is 245. The summed E-state index contributed by atoms with van der Waals surface area (Å²) < 4.78 is 1.52. The first-order valence-corrected chi connectivity index (χ1v) is 8.41. The van der Waals surface area contributed by atoms with Crippen LogP contribution in [-0.4, -0.2) is 59.7 Å². The molecule has 3 N–H and O–H groups in total. The molecule has 0 aromatic heterocycles. The first kappa shape index (κ1) is 17.0. The normalized spacial score (nSPS) is 10.0. The SMILES string of the molecule is OCCN(CCO)CCO.[Hg+][c]1ccccc1. The van der Waals surface area contributed by atoms with Gasteiger partial charge in [-0.15, -0.1) is 0 Å². The third-order valence-electron chi connectivity index (χ3n) is 2.09. The van der Waals surface area contributed by atoms with Crippen LogP contribution in [0.5, 0.6) is 0 Å². The Morgan fingerprint density at radius 1 is 0.824 bits per heavy atom. The van der Waals surface area contributed by atoms with E-state index in [1.165, 1.54) is 3.07 Å². The van der Waals surface area contributed by atoms with E-state index >= 15 is 0 Å². The van der Waals surface area contributed by atoms with Crippen molar-refractivity contribution in [3.05, 3.63) is 30.3 Å². The van der Waals surface area contributed by atoms with Gasteiger partial charge in [-0.3, -0.25) is 4.90 Å². The van der Waals surface area contributed by atoms with Crippen molar-refractivity contribution in [2.75, 3.05) is 39.5 Å². The van der Waals surface area contributed by atoms with Crippen LogP contribution in [0.1, 0.15) is 0 Å². The number of hydrogen-bond acceptors (Lipinski definition) is 4. The summed E-state index contributed by atoms with van der Waals surface area (Å²) in [6.45, 7) is 1.75. The van der Waals surface area contributed by atoms with Gasteiger partial charge in [0.25, 0.3) is 0 Å². The zero-order valence-corrected chi connectivity index (χ0v) is 15.6. The van der Waals surface area contributed by atoms with Crippen LogP contribution in [0.15, 0.2) is 30.3 Å². The van der Waals surface area contributed by atoms with E-state index in [0.29, 0.717) is 19.6 Å². The van der Waals surface area contributed by atoms with Crippen molar-refractivity contribution in [1.29, 1.82) is 0 Å². The molecule has 0 atom stereocenters. The molecule has 0 spiro atoms. The molecule has 0 aliphatic carbocycles. The van der Waals surface area contributed by atoms with Crippen LogP contribution < -0.4 is 3.07 Å². The number of nitrogens with zero attached hydrogens (tertiary/aromatic N) is 1. The van der Waals surface area contributed by atoms with Crippen molar-refractivity contribution in [2.24, 2.45) is 0 Å². The van der Waals surface area contributed by atoms with Gasteiger partial charge in [0, 0.05) is 19.6 Å². The van der Waals surface area contributed by atoms with E-state index in [0.717, 1.165) is 26.1 Å². The van der Waals surface area contributed by atoms with Gasteiger partial charge in [-0.2, -0.15) is 0 Å². The number of aliphatic hydroxyl groups excluding tert-OH is 3. The van der Waals surface area contributed by atoms with Gasteiger partial charge >= 0.3 is 59.5 Å². The fraction of sp³-hybridized carbons (Fsp3) is 0.500. The summed E-state index contributed by atoms with van der Waals surface area (Å²) in [4.78, 5) is 1.79. The van der Waals surface area contributed by atoms with Crippen LogP contribution in [0.2, 0.25) is 0 Å². The molecule has 0 heterocycles. The average Bonchev–Trinajstić information content (AvgIpc) is 2.32. The van der Waals surface area contributed by atoms with Gasteiger partial charge in [0.2, 0.25) is 0 Å². The monoisotopic (exact) mass is 428 g/mol. The molecule has 1 aromatic rings. The predicted molar refractivity (Wildman–Crippen MR) is 63.8 cm³/mol. The standard InChI is InChI=1S/C6H15NO3.C6H5.Hg/c8-4-1-7(2-5-9)3-6-10;1-2-4-6-5-3-1;/h8-10H,1-6H2;1-5H;/q;;+1. The third-order valence-corrected chi connectivity index (χ3v) is 3.92. The van der Waals surface area contributed by atoms with Crippen molar-refractivity contribution < 1.29 is 41.4 Å². The fourth-order valence-corrected chi connectivity index (χ4v) is 2.30. The van der Waals surface area contributed by atoms with Gasteiger partial charge in [0.1, 0.15) is 0 Å². The molecule has 0 aliphatic rings. The molecule has 0 amide bonds. The molecular formula is C12H20HgNO3+. The van der Waals surface area contributed by atoms with Gasteiger partial charge in [-0.05, 0) is 0 Å². The summed E-state index contributed by atoms with van der Waals surface area (Å²) in [6, 6.07) is 10.6. The summed E-state index contributed by atoms with van der Waals surface area (Å²) in [5.41, 5.74) is 0. The number of benzene rings is 1. The molecule has 0 bridgehead atoms. The molecule has 17 heavy (non-hydrogen) atoms. The van der Waals surface area contributed by atoms with Gasteiger partial charge in [0.15, 0.2) is 0 Å². The van der Waals surface area contributed by atoms with Crippen LogP contribution in [0.25, 0.3) is 0 Å². The first-order chi connectivity index (χ1) is 8.24. The molecule has 1 aromatic carbocycles. The molecule has 92 valence electrons. The molecular weight excluding hydrogens is 407 g/mol. The van der Waals surface area contributed by atoms with Gasteiger partial charge in [0.05, 0.1) is 19.8 Å². The summed E-state index contributed by atoms with van der Waals surface area (Å²) in [5, 5.41) is 25.5. The Labute approximate surface area is 119 Å². The van der Waals surface area contributed by atoms with Crippen LogP contribution in [0, 0.1) is 0 Å². The second kappa shape index (κ2) is 12.5.